The molecule has 0 bridgehead atoms. The predicted molar refractivity (Wildman–Crippen MR) is 68.7 cm³/mol. The molecule has 0 aromatic carbocycles. The Hall–Kier alpha value is 0.270. The van der Waals surface area contributed by atoms with Gasteiger partial charge in [-0.05, 0) is 37.0 Å². The fraction of sp³-hybridized carbons (Fsp3) is 1.00. The first-order valence-corrected chi connectivity index (χ1v) is 7.69. The second-order valence-electron chi connectivity index (χ2n) is 5.65. The highest BCUT2D eigenvalue weighted by Crippen LogP contribution is 2.36. The average Bonchev–Trinajstić information content (AvgIpc) is 2.28. The summed E-state index contributed by atoms with van der Waals surface area (Å²) in [5, 5.41) is 10.4. The second-order valence-corrected chi connectivity index (χ2v) is 6.80. The lowest BCUT2D eigenvalue weighted by molar-refractivity contribution is -0.0632. The van der Waals surface area contributed by atoms with Gasteiger partial charge >= 0.3 is 0 Å². The summed E-state index contributed by atoms with van der Waals surface area (Å²) in [5.41, 5.74) is 0. The Morgan fingerprint density at radius 3 is 2.44 bits per heavy atom. The minimum atomic E-state index is -0.238. The molecule has 0 amide bonds. The number of ether oxygens (including phenoxy) is 1. The van der Waals surface area contributed by atoms with Gasteiger partial charge in [0.05, 0.1) is 18.8 Å². The highest BCUT2D eigenvalue weighted by molar-refractivity contribution is 7.99. The Balaban J connectivity index is 1.89. The summed E-state index contributed by atoms with van der Waals surface area (Å²) in [6.45, 7) is 5.43. The van der Waals surface area contributed by atoms with Crippen molar-refractivity contribution in [3.63, 3.8) is 0 Å². The maximum atomic E-state index is 10.4. The number of rotatable bonds is 2. The molecule has 4 atom stereocenters. The third-order valence-electron chi connectivity index (χ3n) is 3.92. The molecule has 1 heterocycles. The van der Waals surface area contributed by atoms with Gasteiger partial charge in [0.15, 0.2) is 0 Å². The fourth-order valence-corrected chi connectivity index (χ4v) is 4.20. The van der Waals surface area contributed by atoms with Crippen molar-refractivity contribution >= 4 is 11.8 Å². The zero-order valence-electron chi connectivity index (χ0n) is 10.4. The molecule has 16 heavy (non-hydrogen) atoms. The van der Waals surface area contributed by atoms with E-state index in [0.29, 0.717) is 5.92 Å². The molecule has 0 aromatic heterocycles. The van der Waals surface area contributed by atoms with Crippen molar-refractivity contribution in [3.05, 3.63) is 0 Å². The van der Waals surface area contributed by atoms with Crippen LogP contribution >= 0.6 is 11.8 Å². The highest BCUT2D eigenvalue weighted by atomic mass is 32.2. The van der Waals surface area contributed by atoms with Crippen molar-refractivity contribution in [2.75, 3.05) is 18.1 Å². The van der Waals surface area contributed by atoms with E-state index in [4.69, 9.17) is 4.74 Å². The summed E-state index contributed by atoms with van der Waals surface area (Å²) in [6, 6.07) is 0. The van der Waals surface area contributed by atoms with E-state index in [2.05, 4.69) is 13.8 Å². The lowest BCUT2D eigenvalue weighted by atomic mass is 9.73. The smallest absolute Gasteiger partial charge is 0.0927 e. The Morgan fingerprint density at radius 2 is 1.88 bits per heavy atom. The zero-order valence-corrected chi connectivity index (χ0v) is 11.2. The summed E-state index contributed by atoms with van der Waals surface area (Å²) in [5.74, 6) is 4.04. The number of aliphatic hydroxyl groups is 1. The minimum Gasteiger partial charge on any atom is -0.390 e. The van der Waals surface area contributed by atoms with Gasteiger partial charge in [-0.3, -0.25) is 0 Å². The standard InChI is InChI=1S/C13H24O2S/c1-9-5-10(2)7-11(6-9)13(14)12-8-16-4-3-15-12/h9-14H,3-8H2,1-2H3. The number of hydrogen-bond acceptors (Lipinski definition) is 3. The van der Waals surface area contributed by atoms with Gasteiger partial charge < -0.3 is 9.84 Å². The second kappa shape index (κ2) is 5.74. The normalized spacial score (nSPS) is 42.9. The molecule has 0 aromatic rings. The molecule has 0 spiro atoms. The van der Waals surface area contributed by atoms with Crippen molar-refractivity contribution in [1.82, 2.24) is 0 Å². The molecule has 0 radical (unpaired) electrons. The van der Waals surface area contributed by atoms with Gasteiger partial charge in [-0.1, -0.05) is 13.8 Å². The topological polar surface area (TPSA) is 29.5 Å². The molecule has 1 aliphatic carbocycles. The number of aliphatic hydroxyl groups excluding tert-OH is 1. The minimum absolute atomic E-state index is 0.0845. The van der Waals surface area contributed by atoms with Crippen LogP contribution in [0, 0.1) is 17.8 Å². The highest BCUT2D eigenvalue weighted by Gasteiger charge is 2.34. The van der Waals surface area contributed by atoms with Gasteiger partial charge in [-0.25, -0.2) is 0 Å². The Morgan fingerprint density at radius 1 is 1.19 bits per heavy atom. The summed E-state index contributed by atoms with van der Waals surface area (Å²) in [4.78, 5) is 0. The molecule has 2 rings (SSSR count). The molecule has 4 unspecified atom stereocenters. The van der Waals surface area contributed by atoms with Gasteiger partial charge in [-0.15, -0.1) is 0 Å². The van der Waals surface area contributed by atoms with Crippen LogP contribution in [0.5, 0.6) is 0 Å². The van der Waals surface area contributed by atoms with Crippen LogP contribution in [0.1, 0.15) is 33.1 Å². The van der Waals surface area contributed by atoms with Crippen LogP contribution in [0.3, 0.4) is 0 Å². The van der Waals surface area contributed by atoms with Crippen molar-refractivity contribution in [1.29, 1.82) is 0 Å². The maximum absolute atomic E-state index is 10.4. The largest absolute Gasteiger partial charge is 0.390 e. The van der Waals surface area contributed by atoms with Gasteiger partial charge in [0.25, 0.3) is 0 Å². The predicted octanol–water partition coefficient (Wildman–Crippen LogP) is 2.55. The quantitative estimate of drug-likeness (QED) is 0.809. The van der Waals surface area contributed by atoms with Crippen LogP contribution in [0.2, 0.25) is 0 Å². The van der Waals surface area contributed by atoms with E-state index >= 15 is 0 Å². The van der Waals surface area contributed by atoms with Crippen LogP contribution in [0.25, 0.3) is 0 Å². The third-order valence-corrected chi connectivity index (χ3v) is 4.94. The average molecular weight is 244 g/mol. The Bertz CT molecular complexity index is 206. The molecule has 2 aliphatic rings. The van der Waals surface area contributed by atoms with Crippen molar-refractivity contribution in [3.8, 4) is 0 Å². The molecule has 3 heteroatoms. The summed E-state index contributed by atoms with van der Waals surface area (Å²) >= 11 is 1.91. The van der Waals surface area contributed by atoms with Crippen LogP contribution in [-0.2, 0) is 4.74 Å². The van der Waals surface area contributed by atoms with E-state index in [1.807, 2.05) is 11.8 Å². The Labute approximate surface area is 103 Å². The van der Waals surface area contributed by atoms with E-state index in [1.165, 1.54) is 19.3 Å². The summed E-state index contributed by atoms with van der Waals surface area (Å²) in [6.07, 6.45) is 3.52. The van der Waals surface area contributed by atoms with Crippen LogP contribution in [0.15, 0.2) is 0 Å². The zero-order chi connectivity index (χ0) is 11.5. The van der Waals surface area contributed by atoms with Gasteiger partial charge in [0.2, 0.25) is 0 Å². The lowest BCUT2D eigenvalue weighted by Gasteiger charge is -2.38. The maximum Gasteiger partial charge on any atom is 0.0927 e. The van der Waals surface area contributed by atoms with E-state index in [-0.39, 0.29) is 12.2 Å². The van der Waals surface area contributed by atoms with Crippen LogP contribution in [-0.4, -0.2) is 35.4 Å². The van der Waals surface area contributed by atoms with Gasteiger partial charge in [0, 0.05) is 11.5 Å². The fourth-order valence-electron chi connectivity index (χ4n) is 3.29. The third kappa shape index (κ3) is 3.14. The molecule has 1 saturated heterocycles. The first-order chi connectivity index (χ1) is 7.66. The molecular formula is C13H24O2S. The van der Waals surface area contributed by atoms with E-state index in [0.717, 1.165) is 29.9 Å². The first kappa shape index (κ1) is 12.7. The molecule has 1 saturated carbocycles. The Kier molecular flexibility index (Phi) is 4.57. The molecule has 94 valence electrons. The summed E-state index contributed by atoms with van der Waals surface area (Å²) < 4.78 is 5.69. The number of thioether (sulfide) groups is 1. The monoisotopic (exact) mass is 244 g/mol. The van der Waals surface area contributed by atoms with Crippen LogP contribution < -0.4 is 0 Å². The molecule has 1 aliphatic heterocycles. The number of hydrogen-bond donors (Lipinski definition) is 1. The lowest BCUT2D eigenvalue weighted by Crippen LogP contribution is -2.42. The van der Waals surface area contributed by atoms with E-state index < -0.39 is 0 Å². The van der Waals surface area contributed by atoms with Gasteiger partial charge in [0.1, 0.15) is 0 Å². The van der Waals surface area contributed by atoms with Crippen molar-refractivity contribution in [2.45, 2.75) is 45.3 Å². The molecule has 1 N–H and O–H groups in total. The SMILES string of the molecule is CC1CC(C)CC(C(O)C2CSCCO2)C1. The molecular weight excluding hydrogens is 220 g/mol. The molecule has 2 fully saturated rings. The van der Waals surface area contributed by atoms with E-state index in [1.54, 1.807) is 0 Å². The van der Waals surface area contributed by atoms with Crippen LogP contribution in [0.4, 0.5) is 0 Å². The van der Waals surface area contributed by atoms with Crippen molar-refractivity contribution in [2.24, 2.45) is 17.8 Å². The first-order valence-electron chi connectivity index (χ1n) is 6.54. The van der Waals surface area contributed by atoms with Gasteiger partial charge in [-0.2, -0.15) is 11.8 Å². The molecule has 2 nitrogen and oxygen atoms in total. The van der Waals surface area contributed by atoms with Crippen molar-refractivity contribution < 1.29 is 9.84 Å². The summed E-state index contributed by atoms with van der Waals surface area (Å²) in [7, 11) is 0. The van der Waals surface area contributed by atoms with E-state index in [9.17, 15) is 5.11 Å².